The Labute approximate surface area is 338 Å². The van der Waals surface area contributed by atoms with Crippen molar-refractivity contribution in [1.82, 2.24) is 4.90 Å². The molecule has 3 heterocycles. The number of nitrogens with zero attached hydrogens (tertiary/aromatic N) is 2. The molecule has 0 saturated carbocycles. The molecule has 14 heteroatoms. The standard InChI is InChI=1S/C15H19NO4.C12H24O4.C8H5NO2.CH3F.K/c1-2-8-19-10-11-20-9-7-16-14(17)12-5-3-4-6-13(12)15(16)18;1-2-6-13-8-9-14-10-11-16-12-5-3-4-7-15-12;10-7-5-3-1-2-4-6(5)8(11)9-7;1-2;/h3-6H,2,7-11H2,1H3;12H,2-11H2,1H3;1-4H,(H,9,10,11);1H3;/q;;;;+1/p-1/i;;;1D;. The van der Waals surface area contributed by atoms with Crippen LogP contribution in [0, 0.1) is 0 Å². The van der Waals surface area contributed by atoms with Gasteiger partial charge in [0.15, 0.2) is 6.29 Å². The van der Waals surface area contributed by atoms with E-state index in [1.54, 1.807) is 48.5 Å². The van der Waals surface area contributed by atoms with Crippen molar-refractivity contribution in [3.63, 3.8) is 0 Å². The number of carbonyl (C=O) groups excluding carboxylic acids is 4. The van der Waals surface area contributed by atoms with E-state index in [-0.39, 0.29) is 76.0 Å². The molecule has 2 aromatic carbocycles. The van der Waals surface area contributed by atoms with Gasteiger partial charge >= 0.3 is 51.4 Å². The number of rotatable bonds is 17. The van der Waals surface area contributed by atoms with Gasteiger partial charge in [-0.2, -0.15) is 0 Å². The summed E-state index contributed by atoms with van der Waals surface area (Å²) in [6.45, 7) is 10.7. The molecule has 12 nitrogen and oxygen atoms in total. The van der Waals surface area contributed by atoms with Crippen LogP contribution in [-0.2, 0) is 28.4 Å². The number of imide groups is 2. The largest absolute Gasteiger partial charge is 1.00 e. The number of alkyl halides is 1. The molecule has 0 spiro atoms. The van der Waals surface area contributed by atoms with Crippen molar-refractivity contribution < 1.29 is 105 Å². The Morgan fingerprint density at radius 3 is 1.62 bits per heavy atom. The summed E-state index contributed by atoms with van der Waals surface area (Å²) in [5, 5.41) is 3.28. The maximum atomic E-state index is 12.0. The average Bonchev–Trinajstić information content (AvgIpc) is 3.57. The quantitative estimate of drug-likeness (QED) is 0.136. The van der Waals surface area contributed by atoms with Crippen LogP contribution in [0.4, 0.5) is 4.39 Å². The van der Waals surface area contributed by atoms with E-state index in [2.05, 4.69) is 12.2 Å². The van der Waals surface area contributed by atoms with E-state index < -0.39 is 19.0 Å². The van der Waals surface area contributed by atoms with Gasteiger partial charge in [-0.25, -0.2) is 0 Å². The Kier molecular flexibility index (Phi) is 25.3. The molecule has 3 aliphatic rings. The number of amides is 4. The normalized spacial score (nSPS) is 15.9. The fourth-order valence-corrected chi connectivity index (χ4v) is 4.68. The molecular formula is C36H50FKN2O10. The van der Waals surface area contributed by atoms with Gasteiger partial charge in [-0.05, 0) is 44.2 Å². The molecular weight excluding hydrogens is 678 g/mol. The van der Waals surface area contributed by atoms with Crippen molar-refractivity contribution >= 4 is 23.6 Å². The second kappa shape index (κ2) is 28.6. The molecule has 0 N–H and O–H groups in total. The smallest absolute Gasteiger partial charge is 0.587 e. The summed E-state index contributed by atoms with van der Waals surface area (Å²) < 4.78 is 47.8. The molecule has 50 heavy (non-hydrogen) atoms. The second-order valence-corrected chi connectivity index (χ2v) is 10.7. The number of fused-ring (bicyclic) bond motifs is 2. The van der Waals surface area contributed by atoms with Crippen molar-refractivity contribution in [3.05, 3.63) is 76.1 Å². The molecule has 2 aromatic rings. The summed E-state index contributed by atoms with van der Waals surface area (Å²) in [5.74, 6) is -1.33. The first kappa shape index (κ1) is 44.2. The van der Waals surface area contributed by atoms with Crippen LogP contribution < -0.4 is 51.4 Å². The molecule has 1 fully saturated rings. The number of benzene rings is 2. The predicted molar refractivity (Wildman–Crippen MR) is 181 cm³/mol. The average molecular weight is 730 g/mol. The van der Waals surface area contributed by atoms with Gasteiger partial charge in [0, 0.05) is 30.9 Å². The van der Waals surface area contributed by atoms with Gasteiger partial charge in [0.2, 0.25) is 0 Å². The summed E-state index contributed by atoms with van der Waals surface area (Å²) in [5.41, 5.74) is 1.78. The Balaban J connectivity index is 0.000000376. The summed E-state index contributed by atoms with van der Waals surface area (Å²) in [6, 6.07) is 13.5. The van der Waals surface area contributed by atoms with Crippen molar-refractivity contribution in [1.29, 1.82) is 0 Å². The second-order valence-electron chi connectivity index (χ2n) is 10.7. The third-order valence-electron chi connectivity index (χ3n) is 7.04. The zero-order chi connectivity index (χ0) is 36.4. The predicted octanol–water partition coefficient (Wildman–Crippen LogP) is 2.64. The zero-order valence-corrected chi connectivity index (χ0v) is 32.7. The van der Waals surface area contributed by atoms with Crippen molar-refractivity contribution in [2.75, 3.05) is 79.8 Å². The minimum atomic E-state index is -1.00. The van der Waals surface area contributed by atoms with Crippen LogP contribution >= 0.6 is 0 Å². The maximum absolute atomic E-state index is 12.0. The number of ether oxygens (including phenoxy) is 6. The van der Waals surface area contributed by atoms with Crippen molar-refractivity contribution in [2.24, 2.45) is 0 Å². The number of halogens is 1. The number of carbonyl (C=O) groups is 4. The monoisotopic (exact) mass is 729 g/mol. The third-order valence-corrected chi connectivity index (χ3v) is 7.04. The van der Waals surface area contributed by atoms with Crippen LogP contribution in [0.1, 0.15) is 88.8 Å². The summed E-state index contributed by atoms with van der Waals surface area (Å²) in [6.07, 6.45) is 5.41. The Morgan fingerprint density at radius 2 is 1.16 bits per heavy atom. The molecule has 0 aliphatic carbocycles. The first-order chi connectivity index (χ1) is 24.4. The van der Waals surface area contributed by atoms with Crippen LogP contribution in [0.15, 0.2) is 48.5 Å². The van der Waals surface area contributed by atoms with Gasteiger partial charge in [-0.1, -0.05) is 50.2 Å². The molecule has 0 bridgehead atoms. The van der Waals surface area contributed by atoms with E-state index >= 15 is 0 Å². The Hall–Kier alpha value is -1.95. The van der Waals surface area contributed by atoms with Gasteiger partial charge in [0.25, 0.3) is 11.8 Å². The van der Waals surface area contributed by atoms with Crippen LogP contribution in [0.25, 0.3) is 5.32 Å². The molecule has 3 aliphatic heterocycles. The SMILES string of the molecule is CCCOCCOCCN1C(=O)c2ccccc2C1=O.CCCOCCOCCOC1CCCCO1.O=C1[N-]C(=O)c2ccccc21.[2H]CF.[K+]. The summed E-state index contributed by atoms with van der Waals surface area (Å²) in [4.78, 5) is 47.1. The maximum Gasteiger partial charge on any atom is 1.00 e. The van der Waals surface area contributed by atoms with Crippen LogP contribution in [0.5, 0.6) is 0 Å². The number of hydrogen-bond acceptors (Lipinski definition) is 10. The summed E-state index contributed by atoms with van der Waals surface area (Å²) >= 11 is 0. The van der Waals surface area contributed by atoms with E-state index in [9.17, 15) is 23.6 Å². The summed E-state index contributed by atoms with van der Waals surface area (Å²) in [7, 11) is -1.00. The first-order valence-corrected chi connectivity index (χ1v) is 16.6. The van der Waals surface area contributed by atoms with Crippen LogP contribution in [0.2, 0.25) is 0 Å². The van der Waals surface area contributed by atoms with Crippen LogP contribution in [-0.4, -0.2) is 115 Å². The van der Waals surface area contributed by atoms with Gasteiger partial charge in [-0.3, -0.25) is 18.9 Å². The molecule has 0 aromatic heterocycles. The van der Waals surface area contributed by atoms with Gasteiger partial charge < -0.3 is 43.3 Å². The first-order valence-electron chi connectivity index (χ1n) is 17.3. The molecule has 272 valence electrons. The third kappa shape index (κ3) is 16.6. The Bertz CT molecular complexity index is 1230. The van der Waals surface area contributed by atoms with Crippen molar-refractivity contribution in [2.45, 2.75) is 52.2 Å². The van der Waals surface area contributed by atoms with E-state index in [0.717, 1.165) is 45.5 Å². The van der Waals surface area contributed by atoms with E-state index in [4.69, 9.17) is 29.8 Å². The fraction of sp³-hybridized carbons (Fsp3) is 0.556. The molecule has 1 atom stereocenters. The molecule has 1 unspecified atom stereocenters. The minimum absolute atomic E-state index is 0. The van der Waals surface area contributed by atoms with E-state index in [1.165, 1.54) is 11.3 Å². The molecule has 5 rings (SSSR count). The molecule has 1 saturated heterocycles. The number of hydrogen-bond donors (Lipinski definition) is 0. The Morgan fingerprint density at radius 1 is 0.720 bits per heavy atom. The van der Waals surface area contributed by atoms with Gasteiger partial charge in [0.05, 0.1) is 84.3 Å². The fourth-order valence-electron chi connectivity index (χ4n) is 4.68. The van der Waals surface area contributed by atoms with E-state index in [1.807, 2.05) is 6.92 Å². The molecule has 0 radical (unpaired) electrons. The minimum Gasteiger partial charge on any atom is -0.587 e. The van der Waals surface area contributed by atoms with Gasteiger partial charge in [0.1, 0.15) is 0 Å². The topological polar surface area (TPSA) is 141 Å². The van der Waals surface area contributed by atoms with E-state index in [0.29, 0.717) is 68.5 Å². The molecule has 4 amide bonds. The van der Waals surface area contributed by atoms with Gasteiger partial charge in [-0.15, -0.1) is 0 Å². The van der Waals surface area contributed by atoms with Crippen molar-refractivity contribution in [3.8, 4) is 0 Å². The van der Waals surface area contributed by atoms with Crippen LogP contribution in [0.3, 0.4) is 0 Å². The zero-order valence-electron chi connectivity index (χ0n) is 30.6.